The first-order valence-corrected chi connectivity index (χ1v) is 8.38. The lowest BCUT2D eigenvalue weighted by Crippen LogP contribution is -2.29. The van der Waals surface area contributed by atoms with Gasteiger partial charge in [0.1, 0.15) is 24.2 Å². The normalized spacial score (nSPS) is 12.3. The topological polar surface area (TPSA) is 98.0 Å². The first kappa shape index (κ1) is 17.0. The van der Waals surface area contributed by atoms with Gasteiger partial charge in [-0.15, -0.1) is 0 Å². The number of hydrogen-bond acceptors (Lipinski definition) is 7. The van der Waals surface area contributed by atoms with E-state index in [0.29, 0.717) is 51.3 Å². The van der Waals surface area contributed by atoms with E-state index in [9.17, 15) is 14.7 Å². The van der Waals surface area contributed by atoms with Crippen LogP contribution in [0.25, 0.3) is 22.1 Å². The second kappa shape index (κ2) is 6.68. The summed E-state index contributed by atoms with van der Waals surface area (Å²) in [7, 11) is 0. The van der Waals surface area contributed by atoms with Gasteiger partial charge in [0.25, 0.3) is 0 Å². The monoisotopic (exact) mass is 367 g/mol. The zero-order valence-corrected chi connectivity index (χ0v) is 14.4. The van der Waals surface area contributed by atoms with Crippen molar-refractivity contribution in [2.75, 3.05) is 13.4 Å². The van der Waals surface area contributed by atoms with Crippen LogP contribution in [0.1, 0.15) is 12.5 Å². The van der Waals surface area contributed by atoms with Crippen molar-refractivity contribution in [2.45, 2.75) is 13.3 Å². The molecule has 0 saturated carbocycles. The summed E-state index contributed by atoms with van der Waals surface area (Å²) in [5, 5.41) is 11.0. The number of carbonyl (C=O) groups is 1. The Balaban J connectivity index is 1.81. The average molecular weight is 367 g/mol. The van der Waals surface area contributed by atoms with Crippen LogP contribution in [-0.4, -0.2) is 19.4 Å². The molecular formula is C20H15O7-. The third-order valence-corrected chi connectivity index (χ3v) is 4.37. The second-order valence-corrected chi connectivity index (χ2v) is 6.02. The minimum absolute atomic E-state index is 0.152. The van der Waals surface area contributed by atoms with Crippen LogP contribution in [0.5, 0.6) is 17.2 Å². The molecule has 0 saturated heterocycles. The zero-order chi connectivity index (χ0) is 19.0. The number of carbonyl (C=O) groups excluding carboxylic acids is 1. The summed E-state index contributed by atoms with van der Waals surface area (Å²) < 4.78 is 21.5. The molecular weight excluding hydrogens is 352 g/mol. The molecule has 0 atom stereocenters. The molecule has 0 bridgehead atoms. The first-order chi connectivity index (χ1) is 13.1. The Kier molecular flexibility index (Phi) is 4.19. The maximum Gasteiger partial charge on any atom is 0.231 e. The van der Waals surface area contributed by atoms with E-state index >= 15 is 0 Å². The molecule has 0 aliphatic carbocycles. The molecule has 0 spiro atoms. The molecule has 0 unspecified atom stereocenters. The van der Waals surface area contributed by atoms with E-state index in [1.165, 1.54) is 12.3 Å². The Morgan fingerprint density at radius 3 is 2.78 bits per heavy atom. The first-order valence-electron chi connectivity index (χ1n) is 8.38. The van der Waals surface area contributed by atoms with E-state index < -0.39 is 12.6 Å². The number of hydrogen-bond donors (Lipinski definition) is 0. The molecule has 0 amide bonds. The number of carboxylic acid groups (broad SMARTS) is 1. The highest BCUT2D eigenvalue weighted by atomic mass is 16.7. The SMILES string of the molecule is CCc1cc2c(=O)c(-c3ccc4c(c3)OCO4)coc2cc1OCC(=O)[O-]. The molecule has 7 heteroatoms. The highest BCUT2D eigenvalue weighted by Crippen LogP contribution is 2.35. The number of carboxylic acids is 1. The number of aliphatic carboxylic acids is 1. The van der Waals surface area contributed by atoms with Crippen molar-refractivity contribution in [1.29, 1.82) is 0 Å². The van der Waals surface area contributed by atoms with Gasteiger partial charge < -0.3 is 28.5 Å². The smallest absolute Gasteiger partial charge is 0.231 e. The van der Waals surface area contributed by atoms with Gasteiger partial charge in [-0.3, -0.25) is 4.79 Å². The summed E-state index contributed by atoms with van der Waals surface area (Å²) in [6.07, 6.45) is 1.93. The fourth-order valence-corrected chi connectivity index (χ4v) is 3.01. The lowest BCUT2D eigenvalue weighted by molar-refractivity contribution is -0.307. The number of aryl methyl sites for hydroxylation is 1. The Morgan fingerprint density at radius 2 is 2.00 bits per heavy atom. The van der Waals surface area contributed by atoms with E-state index in [1.807, 2.05) is 6.92 Å². The number of rotatable bonds is 5. The van der Waals surface area contributed by atoms with Crippen LogP contribution in [-0.2, 0) is 11.2 Å². The summed E-state index contributed by atoms with van der Waals surface area (Å²) >= 11 is 0. The number of benzene rings is 2. The summed E-state index contributed by atoms with van der Waals surface area (Å²) in [6, 6.07) is 8.45. The third-order valence-electron chi connectivity index (χ3n) is 4.37. The Hall–Kier alpha value is -3.48. The molecule has 2 heterocycles. The van der Waals surface area contributed by atoms with Gasteiger partial charge in [0.2, 0.25) is 12.2 Å². The van der Waals surface area contributed by atoms with Crippen molar-refractivity contribution in [3.05, 3.63) is 52.4 Å². The van der Waals surface area contributed by atoms with Crippen LogP contribution >= 0.6 is 0 Å². The molecule has 1 aliphatic rings. The lowest BCUT2D eigenvalue weighted by Gasteiger charge is -2.12. The standard InChI is InChI=1S/C20H16O7/c1-2-11-5-13-17(7-16(11)25-9-19(21)22)24-8-14(20(13)23)12-3-4-15-18(6-12)27-10-26-15/h3-8H,2,9-10H2,1H3,(H,21,22)/p-1. The summed E-state index contributed by atoms with van der Waals surface area (Å²) in [5.41, 5.74) is 1.88. The van der Waals surface area contributed by atoms with Crippen LogP contribution in [0, 0.1) is 0 Å². The Labute approximate surface area is 153 Å². The van der Waals surface area contributed by atoms with Crippen molar-refractivity contribution in [1.82, 2.24) is 0 Å². The van der Waals surface area contributed by atoms with Gasteiger partial charge in [-0.2, -0.15) is 0 Å². The molecule has 1 aliphatic heterocycles. The van der Waals surface area contributed by atoms with E-state index in [2.05, 4.69) is 0 Å². The Bertz CT molecular complexity index is 1100. The van der Waals surface area contributed by atoms with E-state index in [1.54, 1.807) is 24.3 Å². The molecule has 3 aromatic rings. The van der Waals surface area contributed by atoms with Crippen molar-refractivity contribution in [3.8, 4) is 28.4 Å². The largest absolute Gasteiger partial charge is 0.546 e. The molecule has 138 valence electrons. The summed E-state index contributed by atoms with van der Waals surface area (Å²) in [6.45, 7) is 1.47. The summed E-state index contributed by atoms with van der Waals surface area (Å²) in [4.78, 5) is 23.6. The predicted octanol–water partition coefficient (Wildman–Crippen LogP) is 1.88. The molecule has 4 rings (SSSR count). The highest BCUT2D eigenvalue weighted by molar-refractivity contribution is 5.84. The van der Waals surface area contributed by atoms with Crippen molar-refractivity contribution in [3.63, 3.8) is 0 Å². The maximum atomic E-state index is 13.0. The fraction of sp³-hybridized carbons (Fsp3) is 0.200. The van der Waals surface area contributed by atoms with Crippen molar-refractivity contribution in [2.24, 2.45) is 0 Å². The summed E-state index contributed by atoms with van der Waals surface area (Å²) in [5.74, 6) is 0.240. The van der Waals surface area contributed by atoms with Crippen LogP contribution in [0.4, 0.5) is 0 Å². The maximum absolute atomic E-state index is 13.0. The molecule has 27 heavy (non-hydrogen) atoms. The van der Waals surface area contributed by atoms with Gasteiger partial charge in [0.15, 0.2) is 11.5 Å². The van der Waals surface area contributed by atoms with E-state index in [-0.39, 0.29) is 12.2 Å². The van der Waals surface area contributed by atoms with E-state index in [0.717, 1.165) is 0 Å². The molecule has 1 aromatic heterocycles. The number of ether oxygens (including phenoxy) is 3. The minimum atomic E-state index is -1.32. The Morgan fingerprint density at radius 1 is 1.19 bits per heavy atom. The molecule has 2 aromatic carbocycles. The fourth-order valence-electron chi connectivity index (χ4n) is 3.01. The van der Waals surface area contributed by atoms with Gasteiger partial charge in [-0.25, -0.2) is 0 Å². The van der Waals surface area contributed by atoms with Crippen LogP contribution in [0.15, 0.2) is 45.8 Å². The van der Waals surface area contributed by atoms with Gasteiger partial charge in [0.05, 0.1) is 16.9 Å². The minimum Gasteiger partial charge on any atom is -0.546 e. The zero-order valence-electron chi connectivity index (χ0n) is 14.4. The van der Waals surface area contributed by atoms with Crippen molar-refractivity contribution >= 4 is 16.9 Å². The van der Waals surface area contributed by atoms with Gasteiger partial charge in [-0.1, -0.05) is 13.0 Å². The third kappa shape index (κ3) is 3.08. The highest BCUT2D eigenvalue weighted by Gasteiger charge is 2.17. The molecule has 0 fully saturated rings. The van der Waals surface area contributed by atoms with Crippen molar-refractivity contribution < 1.29 is 28.5 Å². The predicted molar refractivity (Wildman–Crippen MR) is 93.9 cm³/mol. The van der Waals surface area contributed by atoms with Gasteiger partial charge >= 0.3 is 0 Å². The second-order valence-electron chi connectivity index (χ2n) is 6.02. The van der Waals surface area contributed by atoms with Crippen LogP contribution in [0.2, 0.25) is 0 Å². The van der Waals surface area contributed by atoms with E-state index in [4.69, 9.17) is 18.6 Å². The van der Waals surface area contributed by atoms with Crippen LogP contribution in [0.3, 0.4) is 0 Å². The molecule has 0 N–H and O–H groups in total. The quantitative estimate of drug-likeness (QED) is 0.679. The lowest BCUT2D eigenvalue weighted by atomic mass is 10.0. The average Bonchev–Trinajstić information content (AvgIpc) is 3.13. The van der Waals surface area contributed by atoms with Gasteiger partial charge in [0, 0.05) is 6.07 Å². The van der Waals surface area contributed by atoms with Gasteiger partial charge in [-0.05, 0) is 35.7 Å². The molecule has 0 radical (unpaired) electrons. The van der Waals surface area contributed by atoms with Crippen LogP contribution < -0.4 is 24.7 Å². The number of fused-ring (bicyclic) bond motifs is 2. The molecule has 7 nitrogen and oxygen atoms in total.